The van der Waals surface area contributed by atoms with Gasteiger partial charge in [-0.25, -0.2) is 0 Å². The fourth-order valence-electron chi connectivity index (χ4n) is 2.76. The topological polar surface area (TPSA) is 49.5 Å². The van der Waals surface area contributed by atoms with Crippen LogP contribution in [0.3, 0.4) is 0 Å². The Labute approximate surface area is 100 Å². The highest BCUT2D eigenvalue weighted by Crippen LogP contribution is 2.30. The monoisotopic (exact) mass is 228 g/mol. The molecule has 0 saturated heterocycles. The minimum atomic E-state index is -0.338. The summed E-state index contributed by atoms with van der Waals surface area (Å²) in [6.45, 7) is 7.97. The molecule has 0 bridgehead atoms. The van der Waals surface area contributed by atoms with Crippen LogP contribution in [-0.4, -0.2) is 41.8 Å². The summed E-state index contributed by atoms with van der Waals surface area (Å²) < 4.78 is 0. The average Bonchev–Trinajstić information content (AvgIpc) is 2.15. The van der Waals surface area contributed by atoms with Crippen LogP contribution in [0.15, 0.2) is 0 Å². The molecule has 0 heterocycles. The van der Waals surface area contributed by atoms with E-state index in [2.05, 4.69) is 32.7 Å². The van der Waals surface area contributed by atoms with E-state index < -0.39 is 0 Å². The number of aliphatic hydroxyl groups excluding tert-OH is 1. The molecule has 0 aliphatic heterocycles. The van der Waals surface area contributed by atoms with E-state index in [9.17, 15) is 5.11 Å². The van der Waals surface area contributed by atoms with Crippen molar-refractivity contribution >= 4 is 0 Å². The zero-order chi connectivity index (χ0) is 12.4. The van der Waals surface area contributed by atoms with Crippen LogP contribution in [0.25, 0.3) is 0 Å². The van der Waals surface area contributed by atoms with Crippen molar-refractivity contribution in [3.8, 4) is 0 Å². The highest BCUT2D eigenvalue weighted by molar-refractivity contribution is 4.93. The second-order valence-electron chi connectivity index (χ2n) is 6.75. The van der Waals surface area contributed by atoms with Gasteiger partial charge in [0.15, 0.2) is 0 Å². The van der Waals surface area contributed by atoms with Gasteiger partial charge in [-0.3, -0.25) is 0 Å². The van der Waals surface area contributed by atoms with E-state index in [-0.39, 0.29) is 12.1 Å². The maximum Gasteiger partial charge on any atom is 0.0611 e. The van der Waals surface area contributed by atoms with Gasteiger partial charge in [0.05, 0.1) is 6.61 Å². The largest absolute Gasteiger partial charge is 0.394 e. The number of aliphatic hydroxyl groups is 1. The molecule has 0 aromatic carbocycles. The third-order valence-electron chi connectivity index (χ3n) is 3.52. The minimum Gasteiger partial charge on any atom is -0.394 e. The lowest BCUT2D eigenvalue weighted by Crippen LogP contribution is -2.53. The molecule has 1 rings (SSSR count). The number of hydrogen-bond donors (Lipinski definition) is 2. The lowest BCUT2D eigenvalue weighted by molar-refractivity contribution is 0.0777. The fraction of sp³-hybridized carbons (Fsp3) is 1.00. The predicted octanol–water partition coefficient (Wildman–Crippen LogP) is 1.60. The Hall–Kier alpha value is -0.120. The number of nitrogens with two attached hydrogens (primary N) is 1. The quantitative estimate of drug-likeness (QED) is 0.771. The number of hydrogen-bond acceptors (Lipinski definition) is 3. The Bertz CT molecular complexity index is 224. The number of rotatable bonds is 3. The zero-order valence-electron chi connectivity index (χ0n) is 11.3. The predicted molar refractivity (Wildman–Crippen MR) is 68.3 cm³/mol. The van der Waals surface area contributed by atoms with Gasteiger partial charge in [0.1, 0.15) is 0 Å². The molecule has 1 aliphatic carbocycles. The van der Waals surface area contributed by atoms with Crippen molar-refractivity contribution < 1.29 is 5.11 Å². The molecule has 2 unspecified atom stereocenters. The summed E-state index contributed by atoms with van der Waals surface area (Å²) in [6.07, 6.45) is 4.24. The lowest BCUT2D eigenvalue weighted by atomic mass is 9.79. The van der Waals surface area contributed by atoms with Gasteiger partial charge in [-0.15, -0.1) is 0 Å². The van der Waals surface area contributed by atoms with Crippen molar-refractivity contribution in [3.63, 3.8) is 0 Å². The molecule has 3 N–H and O–H groups in total. The summed E-state index contributed by atoms with van der Waals surface area (Å²) in [4.78, 5) is 2.41. The van der Waals surface area contributed by atoms with Crippen LogP contribution < -0.4 is 5.73 Å². The zero-order valence-corrected chi connectivity index (χ0v) is 11.3. The molecule has 0 aromatic heterocycles. The highest BCUT2D eigenvalue weighted by Gasteiger charge is 2.34. The van der Waals surface area contributed by atoms with Crippen LogP contribution in [-0.2, 0) is 0 Å². The second kappa shape index (κ2) is 5.03. The number of nitrogens with zero attached hydrogens (tertiary/aromatic N) is 1. The van der Waals surface area contributed by atoms with Gasteiger partial charge in [-0.05, 0) is 38.1 Å². The van der Waals surface area contributed by atoms with E-state index in [1.807, 2.05) is 0 Å². The molecular weight excluding hydrogens is 200 g/mol. The molecule has 0 amide bonds. The molecule has 1 saturated carbocycles. The molecule has 16 heavy (non-hydrogen) atoms. The van der Waals surface area contributed by atoms with Crippen molar-refractivity contribution in [2.45, 2.75) is 58.0 Å². The Balaban J connectivity index is 2.53. The van der Waals surface area contributed by atoms with Crippen molar-refractivity contribution in [2.75, 3.05) is 20.2 Å². The molecule has 1 aliphatic rings. The van der Waals surface area contributed by atoms with Crippen LogP contribution in [0.5, 0.6) is 0 Å². The third-order valence-corrected chi connectivity index (χ3v) is 3.52. The van der Waals surface area contributed by atoms with Crippen molar-refractivity contribution in [3.05, 3.63) is 0 Å². The van der Waals surface area contributed by atoms with Crippen molar-refractivity contribution in [1.29, 1.82) is 0 Å². The first-order valence-corrected chi connectivity index (χ1v) is 6.36. The molecule has 0 aromatic rings. The lowest BCUT2D eigenvalue weighted by Gasteiger charge is -2.42. The first-order valence-electron chi connectivity index (χ1n) is 6.36. The van der Waals surface area contributed by atoms with E-state index in [1.165, 1.54) is 6.42 Å². The van der Waals surface area contributed by atoms with Gasteiger partial charge in [0, 0.05) is 18.1 Å². The first kappa shape index (κ1) is 13.9. The maximum absolute atomic E-state index is 9.34. The van der Waals surface area contributed by atoms with Crippen LogP contribution in [0.4, 0.5) is 0 Å². The van der Waals surface area contributed by atoms with Gasteiger partial charge in [-0.2, -0.15) is 0 Å². The Morgan fingerprint density at radius 3 is 2.56 bits per heavy atom. The van der Waals surface area contributed by atoms with Gasteiger partial charge in [0.25, 0.3) is 0 Å². The normalized spacial score (nSPS) is 32.1. The van der Waals surface area contributed by atoms with E-state index in [4.69, 9.17) is 5.73 Å². The Kier molecular flexibility index (Phi) is 4.38. The van der Waals surface area contributed by atoms with Gasteiger partial charge in [-0.1, -0.05) is 20.8 Å². The van der Waals surface area contributed by atoms with Gasteiger partial charge < -0.3 is 15.7 Å². The Morgan fingerprint density at radius 1 is 1.44 bits per heavy atom. The smallest absolute Gasteiger partial charge is 0.0611 e. The van der Waals surface area contributed by atoms with E-state index in [1.54, 1.807) is 0 Å². The standard InChI is InChI=1S/C13H28N2O/c1-12(2,3)9-15(4)11-6-5-7-13(14,8-11)10-16/h11,16H,5-10,14H2,1-4H3. The summed E-state index contributed by atoms with van der Waals surface area (Å²) in [6, 6.07) is 0.533. The van der Waals surface area contributed by atoms with Gasteiger partial charge in [0.2, 0.25) is 0 Å². The summed E-state index contributed by atoms with van der Waals surface area (Å²) in [7, 11) is 2.18. The van der Waals surface area contributed by atoms with E-state index in [0.717, 1.165) is 25.8 Å². The van der Waals surface area contributed by atoms with Crippen LogP contribution in [0.2, 0.25) is 0 Å². The average molecular weight is 228 g/mol. The first-order chi connectivity index (χ1) is 7.26. The van der Waals surface area contributed by atoms with Crippen LogP contribution in [0, 0.1) is 5.41 Å². The second-order valence-corrected chi connectivity index (χ2v) is 6.75. The maximum atomic E-state index is 9.34. The van der Waals surface area contributed by atoms with Gasteiger partial charge >= 0.3 is 0 Å². The van der Waals surface area contributed by atoms with Crippen molar-refractivity contribution in [1.82, 2.24) is 4.90 Å². The summed E-state index contributed by atoms with van der Waals surface area (Å²) in [5.74, 6) is 0. The Morgan fingerprint density at radius 2 is 2.06 bits per heavy atom. The molecule has 96 valence electrons. The molecule has 0 spiro atoms. The van der Waals surface area contributed by atoms with E-state index >= 15 is 0 Å². The SMILES string of the molecule is CN(CC(C)(C)C)C1CCCC(N)(CO)C1. The molecule has 0 radical (unpaired) electrons. The fourth-order valence-corrected chi connectivity index (χ4v) is 2.76. The molecule has 3 nitrogen and oxygen atoms in total. The molecule has 3 heteroatoms. The summed E-state index contributed by atoms with van der Waals surface area (Å²) in [5.41, 5.74) is 6.16. The highest BCUT2D eigenvalue weighted by atomic mass is 16.3. The van der Waals surface area contributed by atoms with E-state index in [0.29, 0.717) is 11.5 Å². The minimum absolute atomic E-state index is 0.118. The summed E-state index contributed by atoms with van der Waals surface area (Å²) in [5, 5.41) is 9.34. The van der Waals surface area contributed by atoms with Crippen molar-refractivity contribution in [2.24, 2.45) is 11.1 Å². The molecule has 1 fully saturated rings. The van der Waals surface area contributed by atoms with Crippen LogP contribution in [0.1, 0.15) is 46.5 Å². The molecule has 2 atom stereocenters. The molecular formula is C13H28N2O. The third kappa shape index (κ3) is 4.04. The van der Waals surface area contributed by atoms with Crippen LogP contribution >= 0.6 is 0 Å². The summed E-state index contributed by atoms with van der Waals surface area (Å²) >= 11 is 0.